The van der Waals surface area contributed by atoms with Gasteiger partial charge >= 0.3 is 5.97 Å². The average Bonchev–Trinajstić information content (AvgIpc) is 3.07. The molecule has 0 aliphatic heterocycles. The Morgan fingerprint density at radius 2 is 2.00 bits per heavy atom. The number of halogens is 1. The van der Waals surface area contributed by atoms with Crippen LogP contribution in [-0.2, 0) is 19.6 Å². The molecule has 0 saturated carbocycles. The lowest BCUT2D eigenvalue weighted by Gasteiger charge is -2.10. The van der Waals surface area contributed by atoms with Gasteiger partial charge in [-0.3, -0.25) is 14.3 Å². The lowest BCUT2D eigenvalue weighted by atomic mass is 10.2. The maximum Gasteiger partial charge on any atom is 0.304 e. The molecule has 1 aromatic heterocycles. The maximum atomic E-state index is 12.9. The summed E-state index contributed by atoms with van der Waals surface area (Å²) in [5, 5.41) is 12.0. The van der Waals surface area contributed by atoms with Gasteiger partial charge in [-0.05, 0) is 36.4 Å². The topological polar surface area (TPSA) is 125 Å². The third-order valence-corrected chi connectivity index (χ3v) is 6.40. The van der Waals surface area contributed by atoms with Crippen LogP contribution < -0.4 is 10.0 Å². The van der Waals surface area contributed by atoms with E-state index in [4.69, 9.17) is 16.7 Å². The van der Waals surface area contributed by atoms with Crippen molar-refractivity contribution in [3.05, 3.63) is 47.0 Å². The van der Waals surface area contributed by atoms with E-state index in [1.54, 1.807) is 6.07 Å². The number of carboxylic acid groups (broad SMARTS) is 1. The van der Waals surface area contributed by atoms with Gasteiger partial charge in [-0.15, -0.1) is 0 Å². The molecule has 3 rings (SSSR count). The fourth-order valence-corrected chi connectivity index (χ4v) is 4.82. The molecule has 0 unspecified atom stereocenters. The van der Waals surface area contributed by atoms with Crippen LogP contribution in [0.5, 0.6) is 0 Å². The number of amides is 1. The number of carboxylic acids is 1. The standard InChI is InChI=1S/C20H16ClN3O5S2/c1-12(25)22-20-23-17-9-7-15(11-18(17)30-20)31(28,29)24-16-8-6-14(21)10-13(16)4-2-3-5-19(26)27/h6-11,24H,3,5H2,1H3,(H,26,27)(H,22,23,25). The number of nitrogens with one attached hydrogen (secondary N) is 2. The summed E-state index contributed by atoms with van der Waals surface area (Å²) in [4.78, 5) is 26.1. The Hall–Kier alpha value is -3.13. The zero-order valence-corrected chi connectivity index (χ0v) is 18.5. The van der Waals surface area contributed by atoms with Gasteiger partial charge in [0.1, 0.15) is 0 Å². The van der Waals surface area contributed by atoms with Crippen LogP contribution in [0.1, 0.15) is 25.3 Å². The summed E-state index contributed by atoms with van der Waals surface area (Å²) < 4.78 is 28.9. The number of anilines is 2. The molecule has 0 radical (unpaired) electrons. The predicted molar refractivity (Wildman–Crippen MR) is 120 cm³/mol. The van der Waals surface area contributed by atoms with E-state index in [9.17, 15) is 18.0 Å². The largest absolute Gasteiger partial charge is 0.481 e. The van der Waals surface area contributed by atoms with E-state index in [2.05, 4.69) is 26.9 Å². The first-order valence-corrected chi connectivity index (χ1v) is 11.5. The normalized spacial score (nSPS) is 10.9. The van der Waals surface area contributed by atoms with Crippen LogP contribution in [0.25, 0.3) is 10.2 Å². The molecule has 0 bridgehead atoms. The molecule has 1 amide bonds. The first kappa shape index (κ1) is 22.6. The molecule has 0 saturated heterocycles. The van der Waals surface area contributed by atoms with E-state index < -0.39 is 16.0 Å². The second-order valence-electron chi connectivity index (χ2n) is 6.32. The van der Waals surface area contributed by atoms with Gasteiger partial charge in [0.05, 0.1) is 32.8 Å². The molecule has 11 heteroatoms. The van der Waals surface area contributed by atoms with Crippen molar-refractivity contribution in [2.45, 2.75) is 24.7 Å². The van der Waals surface area contributed by atoms with E-state index in [1.165, 1.54) is 37.3 Å². The summed E-state index contributed by atoms with van der Waals surface area (Å²) in [5.74, 6) is 4.22. The van der Waals surface area contributed by atoms with Gasteiger partial charge in [-0.1, -0.05) is 34.8 Å². The van der Waals surface area contributed by atoms with E-state index in [0.717, 1.165) is 11.3 Å². The van der Waals surface area contributed by atoms with Crippen molar-refractivity contribution in [1.29, 1.82) is 0 Å². The van der Waals surface area contributed by atoms with E-state index in [0.29, 0.717) is 25.9 Å². The number of carbonyl (C=O) groups excluding carboxylic acids is 1. The monoisotopic (exact) mass is 477 g/mol. The minimum Gasteiger partial charge on any atom is -0.481 e. The van der Waals surface area contributed by atoms with Crippen molar-refractivity contribution >= 4 is 65.9 Å². The maximum absolute atomic E-state index is 12.9. The number of sulfonamides is 1. The molecule has 1 heterocycles. The highest BCUT2D eigenvalue weighted by molar-refractivity contribution is 7.92. The molecule has 0 aliphatic rings. The van der Waals surface area contributed by atoms with Crippen molar-refractivity contribution in [1.82, 2.24) is 4.98 Å². The Morgan fingerprint density at radius 1 is 1.23 bits per heavy atom. The van der Waals surface area contributed by atoms with E-state index in [-0.39, 0.29) is 29.3 Å². The second-order valence-corrected chi connectivity index (χ2v) is 9.47. The molecule has 3 N–H and O–H groups in total. The van der Waals surface area contributed by atoms with Crippen molar-refractivity contribution in [2.75, 3.05) is 10.0 Å². The molecule has 3 aromatic rings. The zero-order valence-electron chi connectivity index (χ0n) is 16.1. The van der Waals surface area contributed by atoms with Gasteiger partial charge in [-0.25, -0.2) is 13.4 Å². The molecule has 0 spiro atoms. The summed E-state index contributed by atoms with van der Waals surface area (Å²) in [5.41, 5.74) is 1.10. The quantitative estimate of drug-likeness (QED) is 0.462. The summed E-state index contributed by atoms with van der Waals surface area (Å²) in [6.07, 6.45) is -0.00330. The van der Waals surface area contributed by atoms with Crippen LogP contribution in [0.4, 0.5) is 10.8 Å². The van der Waals surface area contributed by atoms with Crippen molar-refractivity contribution in [3.63, 3.8) is 0 Å². The number of thiazole rings is 1. The van der Waals surface area contributed by atoms with Gasteiger partial charge in [-0.2, -0.15) is 0 Å². The molecule has 8 nitrogen and oxygen atoms in total. The molecular formula is C20H16ClN3O5S2. The molecule has 160 valence electrons. The summed E-state index contributed by atoms with van der Waals surface area (Å²) in [7, 11) is -3.96. The Labute approximate surface area is 187 Å². The molecular weight excluding hydrogens is 462 g/mol. The van der Waals surface area contributed by atoms with Crippen LogP contribution in [0.2, 0.25) is 5.02 Å². The van der Waals surface area contributed by atoms with Gasteiger partial charge in [0.2, 0.25) is 5.91 Å². The number of fused-ring (bicyclic) bond motifs is 1. The van der Waals surface area contributed by atoms with E-state index in [1.807, 2.05) is 0 Å². The van der Waals surface area contributed by atoms with Crippen LogP contribution >= 0.6 is 22.9 Å². The predicted octanol–water partition coefficient (Wildman–Crippen LogP) is 3.93. The summed E-state index contributed by atoms with van der Waals surface area (Å²) >= 11 is 7.16. The second kappa shape index (κ2) is 9.34. The number of aliphatic carboxylic acids is 1. The van der Waals surface area contributed by atoms with Crippen LogP contribution in [0.15, 0.2) is 41.3 Å². The van der Waals surface area contributed by atoms with Gasteiger partial charge in [0.15, 0.2) is 5.13 Å². The number of nitrogens with zero attached hydrogens (tertiary/aromatic N) is 1. The molecule has 31 heavy (non-hydrogen) atoms. The minimum absolute atomic E-state index is 0.0118. The number of hydrogen-bond donors (Lipinski definition) is 3. The van der Waals surface area contributed by atoms with E-state index >= 15 is 0 Å². The first-order valence-electron chi connectivity index (χ1n) is 8.85. The fourth-order valence-electron chi connectivity index (χ4n) is 2.52. The zero-order chi connectivity index (χ0) is 22.6. The average molecular weight is 478 g/mol. The Bertz CT molecular complexity index is 1340. The van der Waals surface area contributed by atoms with Gasteiger partial charge in [0.25, 0.3) is 10.0 Å². The number of benzene rings is 2. The highest BCUT2D eigenvalue weighted by atomic mass is 35.5. The SMILES string of the molecule is CC(=O)Nc1nc2ccc(S(=O)(=O)Nc3ccc(Cl)cc3C#CCCC(=O)O)cc2s1. The molecule has 0 atom stereocenters. The number of rotatable bonds is 6. The third kappa shape index (κ3) is 5.95. The summed E-state index contributed by atoms with van der Waals surface area (Å²) in [6.45, 7) is 1.36. The first-order chi connectivity index (χ1) is 14.6. The van der Waals surface area contributed by atoms with Crippen LogP contribution in [-0.4, -0.2) is 30.4 Å². The highest BCUT2D eigenvalue weighted by Gasteiger charge is 2.18. The Balaban J connectivity index is 1.89. The van der Waals surface area contributed by atoms with Gasteiger partial charge in [0, 0.05) is 18.4 Å². The summed E-state index contributed by atoms with van der Waals surface area (Å²) in [6, 6.07) is 8.94. The number of aromatic nitrogens is 1. The third-order valence-electron chi connectivity index (χ3n) is 3.87. The Kier molecular flexibility index (Phi) is 6.80. The molecule has 0 aliphatic carbocycles. The molecule has 2 aromatic carbocycles. The lowest BCUT2D eigenvalue weighted by molar-refractivity contribution is -0.136. The van der Waals surface area contributed by atoms with Crippen molar-refractivity contribution in [2.24, 2.45) is 0 Å². The minimum atomic E-state index is -3.96. The fraction of sp³-hybridized carbons (Fsp3) is 0.150. The lowest BCUT2D eigenvalue weighted by Crippen LogP contribution is -2.13. The molecule has 0 fully saturated rings. The van der Waals surface area contributed by atoms with Crippen LogP contribution in [0.3, 0.4) is 0 Å². The van der Waals surface area contributed by atoms with Crippen molar-refractivity contribution < 1.29 is 23.1 Å². The highest BCUT2D eigenvalue weighted by Crippen LogP contribution is 2.29. The number of carbonyl (C=O) groups is 2. The Morgan fingerprint density at radius 3 is 2.71 bits per heavy atom. The number of hydrogen-bond acceptors (Lipinski definition) is 6. The van der Waals surface area contributed by atoms with Gasteiger partial charge < -0.3 is 10.4 Å². The smallest absolute Gasteiger partial charge is 0.304 e. The van der Waals surface area contributed by atoms with Crippen molar-refractivity contribution in [3.8, 4) is 11.8 Å². The van der Waals surface area contributed by atoms with Crippen LogP contribution in [0, 0.1) is 11.8 Å².